The summed E-state index contributed by atoms with van der Waals surface area (Å²) in [6.07, 6.45) is 2.47. The second kappa shape index (κ2) is 5.83. The van der Waals surface area contributed by atoms with Gasteiger partial charge in [-0.1, -0.05) is 19.9 Å². The molecule has 0 bridgehead atoms. The summed E-state index contributed by atoms with van der Waals surface area (Å²) in [4.78, 5) is 0. The first-order valence-electron chi connectivity index (χ1n) is 7.04. The Balaban J connectivity index is 1.93. The number of rotatable bonds is 5. The van der Waals surface area contributed by atoms with E-state index in [0.29, 0.717) is 17.8 Å². The van der Waals surface area contributed by atoms with Crippen LogP contribution in [0.1, 0.15) is 43.7 Å². The first-order chi connectivity index (χ1) is 8.56. The van der Waals surface area contributed by atoms with Crippen molar-refractivity contribution in [3.05, 3.63) is 35.1 Å². The molecule has 0 aliphatic heterocycles. The monoisotopic (exact) mass is 249 g/mol. The summed E-state index contributed by atoms with van der Waals surface area (Å²) in [5.41, 5.74) is 2.22. The molecule has 1 aromatic rings. The number of hydrogen-bond donors (Lipinski definition) is 1. The maximum Gasteiger partial charge on any atom is 0.123 e. The van der Waals surface area contributed by atoms with Crippen molar-refractivity contribution in [3.63, 3.8) is 0 Å². The fraction of sp³-hybridized carbons (Fsp3) is 0.625. The fourth-order valence-corrected chi connectivity index (χ4v) is 2.79. The minimum Gasteiger partial charge on any atom is -0.316 e. The third kappa shape index (κ3) is 3.32. The van der Waals surface area contributed by atoms with E-state index in [2.05, 4.69) is 25.2 Å². The fourth-order valence-electron chi connectivity index (χ4n) is 2.79. The molecule has 1 aromatic carbocycles. The molecule has 0 radical (unpaired) electrons. The van der Waals surface area contributed by atoms with Gasteiger partial charge in [-0.15, -0.1) is 0 Å². The molecule has 1 nitrogen and oxygen atoms in total. The van der Waals surface area contributed by atoms with Gasteiger partial charge in [0.25, 0.3) is 0 Å². The SMILES string of the molecule is Cc1cc(F)cc(C2CCC2CNCC(C)C)c1. The quantitative estimate of drug-likeness (QED) is 0.835. The van der Waals surface area contributed by atoms with Crippen molar-refractivity contribution in [1.29, 1.82) is 0 Å². The molecule has 18 heavy (non-hydrogen) atoms. The van der Waals surface area contributed by atoms with Gasteiger partial charge in [0.15, 0.2) is 0 Å². The van der Waals surface area contributed by atoms with Gasteiger partial charge >= 0.3 is 0 Å². The van der Waals surface area contributed by atoms with E-state index < -0.39 is 0 Å². The summed E-state index contributed by atoms with van der Waals surface area (Å²) in [6, 6.07) is 5.46. The van der Waals surface area contributed by atoms with Gasteiger partial charge in [-0.05, 0) is 73.9 Å². The molecular formula is C16H24FN. The Morgan fingerprint density at radius 3 is 2.61 bits per heavy atom. The maximum absolute atomic E-state index is 13.4. The molecule has 1 saturated carbocycles. The van der Waals surface area contributed by atoms with Crippen LogP contribution in [-0.4, -0.2) is 13.1 Å². The Morgan fingerprint density at radius 1 is 1.28 bits per heavy atom. The second-order valence-corrected chi connectivity index (χ2v) is 6.06. The van der Waals surface area contributed by atoms with E-state index in [1.807, 2.05) is 6.92 Å². The maximum atomic E-state index is 13.4. The van der Waals surface area contributed by atoms with Crippen molar-refractivity contribution in [1.82, 2.24) is 5.32 Å². The lowest BCUT2D eigenvalue weighted by Gasteiger charge is -2.37. The van der Waals surface area contributed by atoms with Crippen LogP contribution in [-0.2, 0) is 0 Å². The summed E-state index contributed by atoms with van der Waals surface area (Å²) >= 11 is 0. The van der Waals surface area contributed by atoms with Crippen LogP contribution >= 0.6 is 0 Å². The van der Waals surface area contributed by atoms with Gasteiger partial charge in [-0.3, -0.25) is 0 Å². The summed E-state index contributed by atoms with van der Waals surface area (Å²) in [5.74, 6) is 1.84. The summed E-state index contributed by atoms with van der Waals surface area (Å²) in [6.45, 7) is 8.56. The van der Waals surface area contributed by atoms with E-state index in [4.69, 9.17) is 0 Å². The van der Waals surface area contributed by atoms with E-state index in [1.165, 1.54) is 18.4 Å². The van der Waals surface area contributed by atoms with Crippen LogP contribution in [0.25, 0.3) is 0 Å². The highest BCUT2D eigenvalue weighted by Gasteiger charge is 2.31. The van der Waals surface area contributed by atoms with Crippen molar-refractivity contribution in [2.45, 2.75) is 39.5 Å². The Labute approximate surface area is 110 Å². The molecule has 1 N–H and O–H groups in total. The molecular weight excluding hydrogens is 225 g/mol. The predicted octanol–water partition coefficient (Wildman–Crippen LogP) is 3.87. The lowest BCUT2D eigenvalue weighted by atomic mass is 9.69. The van der Waals surface area contributed by atoms with E-state index in [9.17, 15) is 4.39 Å². The van der Waals surface area contributed by atoms with Gasteiger partial charge in [-0.2, -0.15) is 0 Å². The average molecular weight is 249 g/mol. The zero-order chi connectivity index (χ0) is 13.1. The minimum absolute atomic E-state index is 0.0919. The Hall–Kier alpha value is -0.890. The van der Waals surface area contributed by atoms with Crippen molar-refractivity contribution >= 4 is 0 Å². The largest absolute Gasteiger partial charge is 0.316 e. The Bertz CT molecular complexity index is 380. The molecule has 0 saturated heterocycles. The van der Waals surface area contributed by atoms with Crippen LogP contribution < -0.4 is 5.32 Å². The van der Waals surface area contributed by atoms with Crippen molar-refractivity contribution < 1.29 is 4.39 Å². The van der Waals surface area contributed by atoms with Crippen molar-refractivity contribution in [2.24, 2.45) is 11.8 Å². The van der Waals surface area contributed by atoms with E-state index in [0.717, 1.165) is 18.7 Å². The zero-order valence-corrected chi connectivity index (χ0v) is 11.7. The molecule has 0 aromatic heterocycles. The highest BCUT2D eigenvalue weighted by Crippen LogP contribution is 2.42. The number of aryl methyl sites for hydroxylation is 1. The molecule has 1 fully saturated rings. The molecule has 2 heteroatoms. The van der Waals surface area contributed by atoms with Crippen LogP contribution in [0.4, 0.5) is 4.39 Å². The van der Waals surface area contributed by atoms with E-state index >= 15 is 0 Å². The summed E-state index contributed by atoms with van der Waals surface area (Å²) in [7, 11) is 0. The van der Waals surface area contributed by atoms with Gasteiger partial charge < -0.3 is 5.32 Å². The highest BCUT2D eigenvalue weighted by molar-refractivity contribution is 5.28. The Kier molecular flexibility index (Phi) is 4.39. The van der Waals surface area contributed by atoms with Crippen LogP contribution in [0, 0.1) is 24.6 Å². The average Bonchev–Trinajstić information content (AvgIpc) is 2.20. The number of hydrogen-bond acceptors (Lipinski definition) is 1. The minimum atomic E-state index is -0.0919. The lowest BCUT2D eigenvalue weighted by molar-refractivity contribution is 0.243. The zero-order valence-electron chi connectivity index (χ0n) is 11.7. The third-order valence-electron chi connectivity index (χ3n) is 3.87. The molecule has 2 unspecified atom stereocenters. The van der Waals surface area contributed by atoms with Crippen LogP contribution in [0.2, 0.25) is 0 Å². The van der Waals surface area contributed by atoms with Gasteiger partial charge in [0.1, 0.15) is 5.82 Å². The summed E-state index contributed by atoms with van der Waals surface area (Å²) in [5, 5.41) is 3.52. The first kappa shape index (κ1) is 13.5. The molecule has 0 spiro atoms. The van der Waals surface area contributed by atoms with Gasteiger partial charge in [0.2, 0.25) is 0 Å². The van der Waals surface area contributed by atoms with Crippen LogP contribution in [0.15, 0.2) is 18.2 Å². The smallest absolute Gasteiger partial charge is 0.123 e. The van der Waals surface area contributed by atoms with Gasteiger partial charge in [0.05, 0.1) is 0 Å². The summed E-state index contributed by atoms with van der Waals surface area (Å²) < 4.78 is 13.4. The lowest BCUT2D eigenvalue weighted by Crippen LogP contribution is -2.35. The topological polar surface area (TPSA) is 12.0 Å². The second-order valence-electron chi connectivity index (χ2n) is 6.06. The third-order valence-corrected chi connectivity index (χ3v) is 3.87. The molecule has 0 heterocycles. The van der Waals surface area contributed by atoms with Gasteiger partial charge in [-0.25, -0.2) is 4.39 Å². The number of halogens is 1. The number of benzene rings is 1. The molecule has 2 atom stereocenters. The molecule has 2 rings (SSSR count). The molecule has 100 valence electrons. The van der Waals surface area contributed by atoms with Crippen molar-refractivity contribution in [3.8, 4) is 0 Å². The molecule has 0 amide bonds. The van der Waals surface area contributed by atoms with Crippen molar-refractivity contribution in [2.75, 3.05) is 13.1 Å². The standard InChI is InChI=1S/C16H24FN/c1-11(2)9-18-10-13-4-5-16(13)14-6-12(3)7-15(17)8-14/h6-8,11,13,16,18H,4-5,9-10H2,1-3H3. The van der Waals surface area contributed by atoms with Gasteiger partial charge in [0, 0.05) is 0 Å². The van der Waals surface area contributed by atoms with Crippen LogP contribution in [0.5, 0.6) is 0 Å². The van der Waals surface area contributed by atoms with Crippen LogP contribution in [0.3, 0.4) is 0 Å². The predicted molar refractivity (Wildman–Crippen MR) is 74.3 cm³/mol. The Morgan fingerprint density at radius 2 is 2.06 bits per heavy atom. The van der Waals surface area contributed by atoms with E-state index in [1.54, 1.807) is 12.1 Å². The highest BCUT2D eigenvalue weighted by atomic mass is 19.1. The normalized spacial score (nSPS) is 23.2. The molecule has 1 aliphatic carbocycles. The molecule has 1 aliphatic rings. The first-order valence-corrected chi connectivity index (χ1v) is 7.04. The number of nitrogens with one attached hydrogen (secondary N) is 1. The van der Waals surface area contributed by atoms with E-state index in [-0.39, 0.29) is 5.82 Å².